The number of allylic oxidation sites excluding steroid dienone is 2. The Morgan fingerprint density at radius 2 is 1.70 bits per heavy atom. The van der Waals surface area contributed by atoms with Crippen LogP contribution in [-0.4, -0.2) is 62.9 Å². The molecular formula is C39H39N3O8. The summed E-state index contributed by atoms with van der Waals surface area (Å²) in [6.45, 7) is 4.02. The van der Waals surface area contributed by atoms with Gasteiger partial charge >= 0.3 is 5.97 Å². The highest BCUT2D eigenvalue weighted by Gasteiger charge is 2.70. The summed E-state index contributed by atoms with van der Waals surface area (Å²) >= 11 is 0. The number of nitrogens with zero attached hydrogens (tertiary/aromatic N) is 2. The van der Waals surface area contributed by atoms with Gasteiger partial charge in [-0.3, -0.25) is 34.3 Å². The van der Waals surface area contributed by atoms with E-state index in [0.29, 0.717) is 16.8 Å². The minimum absolute atomic E-state index is 0.00116. The van der Waals surface area contributed by atoms with E-state index >= 15 is 4.79 Å². The molecule has 1 saturated carbocycles. The second-order valence-corrected chi connectivity index (χ2v) is 13.6. The summed E-state index contributed by atoms with van der Waals surface area (Å²) in [6.07, 6.45) is 2.33. The number of phenols is 1. The van der Waals surface area contributed by atoms with E-state index in [4.69, 9.17) is 4.74 Å². The Hall–Kier alpha value is -5.45. The lowest BCUT2D eigenvalue weighted by Crippen LogP contribution is -2.53. The van der Waals surface area contributed by atoms with Gasteiger partial charge in [0, 0.05) is 18.9 Å². The zero-order chi connectivity index (χ0) is 35.3. The van der Waals surface area contributed by atoms with Crippen molar-refractivity contribution in [1.29, 1.82) is 0 Å². The molecule has 50 heavy (non-hydrogen) atoms. The molecule has 0 unspecified atom stereocenters. The number of nitrogens with one attached hydrogen (secondary N) is 1. The number of hydrogen-bond donors (Lipinski definition) is 3. The van der Waals surface area contributed by atoms with Gasteiger partial charge in [-0.1, -0.05) is 65.7 Å². The number of hydrazine groups is 1. The van der Waals surface area contributed by atoms with Crippen LogP contribution in [-0.2, 0) is 29.4 Å². The number of aryl methyl sites for hydroxylation is 1. The van der Waals surface area contributed by atoms with Gasteiger partial charge in [0.2, 0.25) is 11.8 Å². The second-order valence-electron chi connectivity index (χ2n) is 13.6. The lowest BCUT2D eigenvalue weighted by Gasteiger charge is -2.50. The Morgan fingerprint density at radius 1 is 0.960 bits per heavy atom. The first-order chi connectivity index (χ1) is 24.1. The monoisotopic (exact) mass is 677 g/mol. The average Bonchev–Trinajstić information content (AvgIpc) is 3.47. The van der Waals surface area contributed by atoms with E-state index in [1.807, 2.05) is 55.5 Å². The summed E-state index contributed by atoms with van der Waals surface area (Å²) in [5, 5.41) is 21.0. The maximum atomic E-state index is 15.2. The first kappa shape index (κ1) is 33.1. The first-order valence-electron chi connectivity index (χ1n) is 17.1. The lowest BCUT2D eigenvalue weighted by molar-refractivity contribution is -0.142. The predicted molar refractivity (Wildman–Crippen MR) is 182 cm³/mol. The van der Waals surface area contributed by atoms with Gasteiger partial charge in [-0.2, -0.15) is 5.01 Å². The van der Waals surface area contributed by atoms with E-state index in [1.54, 1.807) is 31.2 Å². The van der Waals surface area contributed by atoms with Crippen molar-refractivity contribution in [3.8, 4) is 11.5 Å². The summed E-state index contributed by atoms with van der Waals surface area (Å²) in [7, 11) is 0. The number of imide groups is 2. The van der Waals surface area contributed by atoms with Crippen molar-refractivity contribution in [2.24, 2.45) is 23.7 Å². The van der Waals surface area contributed by atoms with Crippen molar-refractivity contribution in [1.82, 2.24) is 9.91 Å². The van der Waals surface area contributed by atoms with E-state index in [-0.39, 0.29) is 62.1 Å². The van der Waals surface area contributed by atoms with Gasteiger partial charge in [0.15, 0.2) is 11.5 Å². The maximum Gasteiger partial charge on any atom is 0.303 e. The molecule has 0 aromatic heterocycles. The highest BCUT2D eigenvalue weighted by molar-refractivity contribution is 6.13. The Bertz CT molecular complexity index is 1910. The zero-order valence-electron chi connectivity index (χ0n) is 27.9. The minimum Gasteiger partial charge on any atom is -0.504 e. The topological polar surface area (TPSA) is 154 Å². The quantitative estimate of drug-likeness (QED) is 0.200. The number of likely N-dealkylation sites (tertiary alicyclic amines) is 1. The molecule has 0 spiro atoms. The molecule has 0 bridgehead atoms. The van der Waals surface area contributed by atoms with Gasteiger partial charge in [0.05, 0.1) is 35.5 Å². The molecule has 2 aliphatic heterocycles. The van der Waals surface area contributed by atoms with Crippen molar-refractivity contribution < 1.29 is 38.9 Å². The van der Waals surface area contributed by atoms with E-state index in [2.05, 4.69) is 5.43 Å². The number of carbonyl (C=O) groups excluding carboxylic acids is 4. The molecular weight excluding hydrogens is 638 g/mol. The Kier molecular flexibility index (Phi) is 8.45. The summed E-state index contributed by atoms with van der Waals surface area (Å²) in [6, 6.07) is 21.5. The summed E-state index contributed by atoms with van der Waals surface area (Å²) in [4.78, 5) is 70.1. The highest BCUT2D eigenvalue weighted by Crippen LogP contribution is 2.64. The van der Waals surface area contributed by atoms with Crippen LogP contribution in [0.15, 0.2) is 84.4 Å². The number of phenolic OH excluding ortho intramolecular Hbond substituents is 1. The van der Waals surface area contributed by atoms with Crippen LogP contribution < -0.4 is 10.2 Å². The van der Waals surface area contributed by atoms with E-state index in [0.717, 1.165) is 16.1 Å². The second kappa shape index (κ2) is 12.8. The van der Waals surface area contributed by atoms with Crippen molar-refractivity contribution >= 4 is 35.3 Å². The van der Waals surface area contributed by atoms with Crippen molar-refractivity contribution in [2.45, 2.75) is 50.9 Å². The van der Waals surface area contributed by atoms with Crippen LogP contribution >= 0.6 is 0 Å². The Balaban J connectivity index is 1.40. The molecule has 7 rings (SSSR count). The molecule has 4 aliphatic rings. The third-order valence-corrected chi connectivity index (χ3v) is 10.9. The molecule has 4 amide bonds. The molecule has 0 radical (unpaired) electrons. The largest absolute Gasteiger partial charge is 0.504 e. The van der Waals surface area contributed by atoms with Crippen LogP contribution in [0.4, 0.5) is 5.69 Å². The summed E-state index contributed by atoms with van der Waals surface area (Å²) in [5.74, 6) is -6.11. The van der Waals surface area contributed by atoms with Crippen LogP contribution in [0.1, 0.15) is 55.2 Å². The molecule has 2 heterocycles. The van der Waals surface area contributed by atoms with E-state index in [9.17, 15) is 29.4 Å². The highest BCUT2D eigenvalue weighted by atomic mass is 16.5. The van der Waals surface area contributed by atoms with Crippen LogP contribution in [0.2, 0.25) is 0 Å². The molecule has 2 saturated heterocycles. The van der Waals surface area contributed by atoms with E-state index < -0.39 is 52.8 Å². The Labute approximate surface area is 289 Å². The number of ether oxygens (including phenoxy) is 1. The molecule has 6 atom stereocenters. The third-order valence-electron chi connectivity index (χ3n) is 10.9. The number of fused-ring (bicyclic) bond motifs is 4. The third kappa shape index (κ3) is 5.14. The standard InChI is InChI=1S/C39H39N3O8/c1-3-50-31-20-23(13-18-30(31)43)34-26-16-17-27-33(37(48)41(35(27)46)19-7-10-32(44)45)28(26)21-29-36(47)42(40-25-14-11-22(2)12-15-25)38(49)39(29,34)24-8-5-4-6-9-24/h4-6,8-9,11-16,18,20,27-29,33-34,40,43H,3,7,10,17,19,21H2,1-2H3,(H,44,45)/t27-,28+,29-,33-,34-,39+/m0/s1. The smallest absolute Gasteiger partial charge is 0.303 e. The van der Waals surface area contributed by atoms with Gasteiger partial charge in [0.1, 0.15) is 0 Å². The van der Waals surface area contributed by atoms with Gasteiger partial charge in [0.25, 0.3) is 11.8 Å². The van der Waals surface area contributed by atoms with Crippen LogP contribution in [0, 0.1) is 30.6 Å². The molecule has 3 aromatic carbocycles. The predicted octanol–water partition coefficient (Wildman–Crippen LogP) is 4.95. The molecule has 11 heteroatoms. The number of hydrogen-bond acceptors (Lipinski definition) is 8. The number of aromatic hydroxyl groups is 1. The Morgan fingerprint density at radius 3 is 2.40 bits per heavy atom. The molecule has 258 valence electrons. The number of aliphatic carboxylic acids is 1. The minimum atomic E-state index is -1.45. The molecule has 2 aliphatic carbocycles. The van der Waals surface area contributed by atoms with Gasteiger partial charge < -0.3 is 14.9 Å². The number of carboxylic acids is 1. The van der Waals surface area contributed by atoms with E-state index in [1.165, 1.54) is 11.0 Å². The number of amides is 4. The first-order valence-corrected chi connectivity index (χ1v) is 17.1. The molecule has 3 N–H and O–H groups in total. The fraction of sp³-hybridized carbons (Fsp3) is 0.359. The van der Waals surface area contributed by atoms with Gasteiger partial charge in [-0.05, 0) is 74.4 Å². The number of carbonyl (C=O) groups is 5. The fourth-order valence-corrected chi connectivity index (χ4v) is 8.78. The van der Waals surface area contributed by atoms with Gasteiger partial charge in [-0.15, -0.1) is 0 Å². The van der Waals surface area contributed by atoms with Gasteiger partial charge in [-0.25, -0.2) is 0 Å². The van der Waals surface area contributed by atoms with Crippen molar-refractivity contribution in [3.05, 3.63) is 101 Å². The number of anilines is 1. The summed E-state index contributed by atoms with van der Waals surface area (Å²) < 4.78 is 5.79. The average molecular weight is 678 g/mol. The summed E-state index contributed by atoms with van der Waals surface area (Å²) in [5.41, 5.74) is 5.26. The molecule has 3 aromatic rings. The molecule has 11 nitrogen and oxygen atoms in total. The van der Waals surface area contributed by atoms with Crippen molar-refractivity contribution in [2.75, 3.05) is 18.6 Å². The van der Waals surface area contributed by atoms with Crippen LogP contribution in [0.5, 0.6) is 11.5 Å². The number of carboxylic acid groups (broad SMARTS) is 1. The normalized spacial score (nSPS) is 27.1. The molecule has 3 fully saturated rings. The lowest BCUT2D eigenvalue weighted by atomic mass is 9.49. The van der Waals surface area contributed by atoms with Crippen LogP contribution in [0.3, 0.4) is 0 Å². The number of benzene rings is 3. The van der Waals surface area contributed by atoms with Crippen molar-refractivity contribution in [3.63, 3.8) is 0 Å². The van der Waals surface area contributed by atoms with Crippen LogP contribution in [0.25, 0.3) is 0 Å². The zero-order valence-corrected chi connectivity index (χ0v) is 27.9. The maximum absolute atomic E-state index is 15.2. The fourth-order valence-electron chi connectivity index (χ4n) is 8.78. The SMILES string of the molecule is CCOc1cc([C@H]2C3=CC[C@@H]4C(=O)N(CCCC(=O)O)C(=O)[C@@H]4[C@@H]3C[C@H]3C(=O)N(Nc4ccc(C)cc4)C(=O)[C@@]23c2ccccc2)ccc1O. The number of rotatable bonds is 10.